The molecule has 1 saturated carbocycles. The third kappa shape index (κ3) is 3.30. The molecular weight excluding hydrogens is 262 g/mol. The van der Waals surface area contributed by atoms with E-state index in [-0.39, 0.29) is 5.60 Å². The van der Waals surface area contributed by atoms with Gasteiger partial charge in [-0.3, -0.25) is 0 Å². The Balaban J connectivity index is 1.68. The van der Waals surface area contributed by atoms with Crippen LogP contribution >= 0.6 is 0 Å². The Morgan fingerprint density at radius 2 is 2.05 bits per heavy atom. The van der Waals surface area contributed by atoms with Crippen LogP contribution in [0.5, 0.6) is 0 Å². The molecule has 4 unspecified atom stereocenters. The Hall–Kier alpha value is -0.120. The van der Waals surface area contributed by atoms with E-state index in [1.165, 1.54) is 44.9 Å². The van der Waals surface area contributed by atoms with Crippen molar-refractivity contribution in [2.45, 2.75) is 83.0 Å². The molecule has 0 aromatic rings. The predicted molar refractivity (Wildman–Crippen MR) is 85.5 cm³/mol. The SMILES string of the molecule is CCCNC(C1CCOC2(CCC2)C1)C1CCOC1CC. The van der Waals surface area contributed by atoms with E-state index in [1.54, 1.807) is 0 Å². The van der Waals surface area contributed by atoms with Crippen molar-refractivity contribution in [2.75, 3.05) is 19.8 Å². The summed E-state index contributed by atoms with van der Waals surface area (Å²) in [6.45, 7) is 7.62. The number of ether oxygens (including phenoxy) is 2. The first-order chi connectivity index (χ1) is 10.3. The highest BCUT2D eigenvalue weighted by atomic mass is 16.5. The van der Waals surface area contributed by atoms with Crippen molar-refractivity contribution in [1.29, 1.82) is 0 Å². The van der Waals surface area contributed by atoms with Crippen LogP contribution in [0, 0.1) is 11.8 Å². The average Bonchev–Trinajstić information content (AvgIpc) is 2.95. The van der Waals surface area contributed by atoms with Crippen LogP contribution < -0.4 is 5.32 Å². The average molecular weight is 295 g/mol. The van der Waals surface area contributed by atoms with Gasteiger partial charge in [0.05, 0.1) is 11.7 Å². The van der Waals surface area contributed by atoms with E-state index in [1.807, 2.05) is 0 Å². The summed E-state index contributed by atoms with van der Waals surface area (Å²) in [7, 11) is 0. The van der Waals surface area contributed by atoms with Crippen molar-refractivity contribution < 1.29 is 9.47 Å². The van der Waals surface area contributed by atoms with Crippen molar-refractivity contribution >= 4 is 0 Å². The smallest absolute Gasteiger partial charge is 0.0685 e. The van der Waals surface area contributed by atoms with Crippen molar-refractivity contribution in [2.24, 2.45) is 11.8 Å². The molecule has 0 radical (unpaired) electrons. The molecule has 3 heteroatoms. The van der Waals surface area contributed by atoms with E-state index >= 15 is 0 Å². The molecule has 122 valence electrons. The molecule has 3 fully saturated rings. The van der Waals surface area contributed by atoms with Crippen molar-refractivity contribution in [3.8, 4) is 0 Å². The Labute approximate surface area is 130 Å². The zero-order chi connectivity index (χ0) is 14.7. The van der Waals surface area contributed by atoms with Gasteiger partial charge >= 0.3 is 0 Å². The van der Waals surface area contributed by atoms with E-state index in [4.69, 9.17) is 9.47 Å². The zero-order valence-electron chi connectivity index (χ0n) is 13.9. The molecule has 2 heterocycles. The lowest BCUT2D eigenvalue weighted by Crippen LogP contribution is -2.53. The summed E-state index contributed by atoms with van der Waals surface area (Å²) in [5, 5.41) is 3.90. The molecule has 2 saturated heterocycles. The van der Waals surface area contributed by atoms with E-state index in [0.29, 0.717) is 18.1 Å². The van der Waals surface area contributed by atoms with Crippen LogP contribution in [0.1, 0.15) is 65.2 Å². The Bertz CT molecular complexity index is 329. The van der Waals surface area contributed by atoms with Crippen LogP contribution in [0.25, 0.3) is 0 Å². The summed E-state index contributed by atoms with van der Waals surface area (Å²) in [4.78, 5) is 0. The van der Waals surface area contributed by atoms with E-state index < -0.39 is 0 Å². The first-order valence-corrected chi connectivity index (χ1v) is 9.27. The maximum absolute atomic E-state index is 6.14. The van der Waals surface area contributed by atoms with Crippen molar-refractivity contribution in [3.05, 3.63) is 0 Å². The number of hydrogen-bond donors (Lipinski definition) is 1. The summed E-state index contributed by atoms with van der Waals surface area (Å²) in [6, 6.07) is 0.638. The highest BCUT2D eigenvalue weighted by Gasteiger charge is 2.46. The van der Waals surface area contributed by atoms with Crippen LogP contribution in [0.3, 0.4) is 0 Å². The zero-order valence-corrected chi connectivity index (χ0v) is 13.9. The highest BCUT2D eigenvalue weighted by Crippen LogP contribution is 2.46. The van der Waals surface area contributed by atoms with Crippen LogP contribution in [0.4, 0.5) is 0 Å². The molecule has 0 amide bonds. The molecule has 0 aromatic heterocycles. The van der Waals surface area contributed by atoms with Gasteiger partial charge in [-0.05, 0) is 63.8 Å². The minimum atomic E-state index is 0.260. The topological polar surface area (TPSA) is 30.5 Å². The van der Waals surface area contributed by atoms with E-state index in [0.717, 1.165) is 32.1 Å². The van der Waals surface area contributed by atoms with Crippen molar-refractivity contribution in [1.82, 2.24) is 5.32 Å². The van der Waals surface area contributed by atoms with Crippen molar-refractivity contribution in [3.63, 3.8) is 0 Å². The number of hydrogen-bond acceptors (Lipinski definition) is 3. The summed E-state index contributed by atoms with van der Waals surface area (Å²) < 4.78 is 12.1. The molecular formula is C18H33NO2. The van der Waals surface area contributed by atoms with Gasteiger partial charge < -0.3 is 14.8 Å². The standard InChI is InChI=1S/C18H33NO2/c1-3-10-19-17(15-7-11-20-16(15)4-2)14-6-12-21-18(13-14)8-5-9-18/h14-17,19H,3-13H2,1-2H3. The second-order valence-electron chi connectivity index (χ2n) is 7.39. The van der Waals surface area contributed by atoms with Gasteiger partial charge in [0.15, 0.2) is 0 Å². The second kappa shape index (κ2) is 6.97. The van der Waals surface area contributed by atoms with Gasteiger partial charge in [0.25, 0.3) is 0 Å². The van der Waals surface area contributed by atoms with Crippen LogP contribution in [0.2, 0.25) is 0 Å². The maximum atomic E-state index is 6.14. The minimum absolute atomic E-state index is 0.260. The second-order valence-corrected chi connectivity index (χ2v) is 7.39. The van der Waals surface area contributed by atoms with Crippen LogP contribution in [-0.4, -0.2) is 37.5 Å². The fraction of sp³-hybridized carbons (Fsp3) is 1.00. The molecule has 4 atom stereocenters. The molecule has 1 N–H and O–H groups in total. The van der Waals surface area contributed by atoms with Gasteiger partial charge in [0.2, 0.25) is 0 Å². The van der Waals surface area contributed by atoms with Gasteiger partial charge in [0, 0.05) is 25.2 Å². The molecule has 1 aliphatic carbocycles. The van der Waals surface area contributed by atoms with Gasteiger partial charge in [-0.1, -0.05) is 13.8 Å². The Morgan fingerprint density at radius 1 is 1.19 bits per heavy atom. The lowest BCUT2D eigenvalue weighted by molar-refractivity contribution is -0.150. The fourth-order valence-electron chi connectivity index (χ4n) is 4.77. The fourth-order valence-corrected chi connectivity index (χ4v) is 4.77. The van der Waals surface area contributed by atoms with Gasteiger partial charge in [-0.2, -0.15) is 0 Å². The maximum Gasteiger partial charge on any atom is 0.0685 e. The third-order valence-corrected chi connectivity index (χ3v) is 6.06. The molecule has 3 nitrogen and oxygen atoms in total. The third-order valence-electron chi connectivity index (χ3n) is 6.06. The minimum Gasteiger partial charge on any atom is -0.378 e. The first kappa shape index (κ1) is 15.8. The highest BCUT2D eigenvalue weighted by molar-refractivity contribution is 4.99. The quantitative estimate of drug-likeness (QED) is 0.813. The van der Waals surface area contributed by atoms with Crippen LogP contribution in [-0.2, 0) is 9.47 Å². The molecule has 21 heavy (non-hydrogen) atoms. The summed E-state index contributed by atoms with van der Waals surface area (Å²) in [5.41, 5.74) is 0.260. The van der Waals surface area contributed by atoms with E-state index in [2.05, 4.69) is 19.2 Å². The van der Waals surface area contributed by atoms with Gasteiger partial charge in [0.1, 0.15) is 0 Å². The molecule has 2 aliphatic heterocycles. The van der Waals surface area contributed by atoms with E-state index in [9.17, 15) is 0 Å². The van der Waals surface area contributed by atoms with Crippen LogP contribution in [0.15, 0.2) is 0 Å². The van der Waals surface area contributed by atoms with Gasteiger partial charge in [-0.15, -0.1) is 0 Å². The Kier molecular flexibility index (Phi) is 5.23. The molecule has 1 spiro atoms. The number of nitrogens with one attached hydrogen (secondary N) is 1. The number of rotatable bonds is 6. The summed E-state index contributed by atoms with van der Waals surface area (Å²) in [6.07, 6.45) is 10.6. The summed E-state index contributed by atoms with van der Waals surface area (Å²) in [5.74, 6) is 1.49. The first-order valence-electron chi connectivity index (χ1n) is 9.27. The molecule has 0 aromatic carbocycles. The molecule has 3 rings (SSSR count). The molecule has 0 bridgehead atoms. The Morgan fingerprint density at radius 3 is 2.71 bits per heavy atom. The molecule has 3 aliphatic rings. The lowest BCUT2D eigenvalue weighted by atomic mass is 9.68. The summed E-state index contributed by atoms with van der Waals surface area (Å²) >= 11 is 0. The largest absolute Gasteiger partial charge is 0.378 e. The lowest BCUT2D eigenvalue weighted by Gasteiger charge is -2.50. The predicted octanol–water partition coefficient (Wildman–Crippen LogP) is 3.52. The normalized spacial score (nSPS) is 36.6. The van der Waals surface area contributed by atoms with Gasteiger partial charge in [-0.25, -0.2) is 0 Å². The monoisotopic (exact) mass is 295 g/mol.